The van der Waals surface area contributed by atoms with Crippen LogP contribution in [-0.4, -0.2) is 30.5 Å². The summed E-state index contributed by atoms with van der Waals surface area (Å²) in [5.41, 5.74) is 1.01. The molecule has 1 aliphatic heterocycles. The molecule has 0 bridgehead atoms. The largest absolute Gasteiger partial charge is 0.479 e. The lowest BCUT2D eigenvalue weighted by molar-refractivity contribution is 0.0662. The van der Waals surface area contributed by atoms with E-state index in [4.69, 9.17) is 9.47 Å². The van der Waals surface area contributed by atoms with Crippen LogP contribution in [-0.2, 0) is 11.2 Å². The molecule has 0 saturated carbocycles. The summed E-state index contributed by atoms with van der Waals surface area (Å²) in [5, 5.41) is 8.17. The summed E-state index contributed by atoms with van der Waals surface area (Å²) in [6.45, 7) is 1.74. The van der Waals surface area contributed by atoms with E-state index in [2.05, 4.69) is 26.1 Å². The standard InChI is InChI=1S/C11H15BrN2O2/c1-15-11-10(12)7-9(13-14-11)6-8-2-4-16-5-3-8/h7-8H,2-6H2,1H3. The van der Waals surface area contributed by atoms with Crippen LogP contribution in [0.5, 0.6) is 5.88 Å². The van der Waals surface area contributed by atoms with Crippen LogP contribution in [0.15, 0.2) is 10.5 Å². The minimum Gasteiger partial charge on any atom is -0.479 e. The molecule has 0 atom stereocenters. The van der Waals surface area contributed by atoms with E-state index in [0.717, 1.165) is 42.6 Å². The Morgan fingerprint density at radius 3 is 2.81 bits per heavy atom. The smallest absolute Gasteiger partial charge is 0.247 e. The summed E-state index contributed by atoms with van der Waals surface area (Å²) in [4.78, 5) is 0. The van der Waals surface area contributed by atoms with Gasteiger partial charge in [0.05, 0.1) is 17.3 Å². The minimum atomic E-state index is 0.538. The van der Waals surface area contributed by atoms with Gasteiger partial charge in [0.25, 0.3) is 0 Å². The molecule has 0 spiro atoms. The summed E-state index contributed by atoms with van der Waals surface area (Å²) < 4.78 is 11.2. The van der Waals surface area contributed by atoms with Gasteiger partial charge < -0.3 is 9.47 Å². The van der Waals surface area contributed by atoms with Crippen LogP contribution in [0.1, 0.15) is 18.5 Å². The van der Waals surface area contributed by atoms with Crippen LogP contribution in [0, 0.1) is 5.92 Å². The van der Waals surface area contributed by atoms with E-state index in [1.807, 2.05) is 6.07 Å². The van der Waals surface area contributed by atoms with Crippen molar-refractivity contribution in [2.75, 3.05) is 20.3 Å². The first-order valence-corrected chi connectivity index (χ1v) is 6.22. The Morgan fingerprint density at radius 2 is 2.19 bits per heavy atom. The van der Waals surface area contributed by atoms with Crippen molar-refractivity contribution in [1.29, 1.82) is 0 Å². The highest BCUT2D eigenvalue weighted by Gasteiger charge is 2.16. The van der Waals surface area contributed by atoms with E-state index >= 15 is 0 Å². The lowest BCUT2D eigenvalue weighted by Crippen LogP contribution is -2.18. The van der Waals surface area contributed by atoms with Crippen molar-refractivity contribution < 1.29 is 9.47 Å². The average molecular weight is 287 g/mol. The van der Waals surface area contributed by atoms with Crippen molar-refractivity contribution in [2.45, 2.75) is 19.3 Å². The predicted molar refractivity (Wildman–Crippen MR) is 63.5 cm³/mol. The molecule has 5 heteroatoms. The van der Waals surface area contributed by atoms with E-state index in [1.54, 1.807) is 7.11 Å². The van der Waals surface area contributed by atoms with Crippen LogP contribution >= 0.6 is 15.9 Å². The Balaban J connectivity index is 2.01. The molecule has 4 nitrogen and oxygen atoms in total. The summed E-state index contributed by atoms with van der Waals surface area (Å²) in [5.74, 6) is 1.21. The number of ether oxygens (including phenoxy) is 2. The monoisotopic (exact) mass is 286 g/mol. The molecule has 2 rings (SSSR count). The van der Waals surface area contributed by atoms with Gasteiger partial charge in [-0.25, -0.2) is 0 Å². The summed E-state index contributed by atoms with van der Waals surface area (Å²) in [6.07, 6.45) is 3.20. The van der Waals surface area contributed by atoms with Gasteiger partial charge in [0.1, 0.15) is 0 Å². The Morgan fingerprint density at radius 1 is 1.44 bits per heavy atom. The molecule has 88 valence electrons. The first-order valence-electron chi connectivity index (χ1n) is 5.43. The van der Waals surface area contributed by atoms with E-state index in [-0.39, 0.29) is 0 Å². The van der Waals surface area contributed by atoms with Crippen molar-refractivity contribution in [2.24, 2.45) is 5.92 Å². The molecular weight excluding hydrogens is 272 g/mol. The number of halogens is 1. The number of rotatable bonds is 3. The van der Waals surface area contributed by atoms with Crippen molar-refractivity contribution in [3.63, 3.8) is 0 Å². The van der Waals surface area contributed by atoms with Crippen LogP contribution < -0.4 is 4.74 Å². The average Bonchev–Trinajstić information content (AvgIpc) is 2.31. The molecular formula is C11H15BrN2O2. The number of aromatic nitrogens is 2. The van der Waals surface area contributed by atoms with Gasteiger partial charge >= 0.3 is 0 Å². The van der Waals surface area contributed by atoms with Gasteiger partial charge in [-0.1, -0.05) is 0 Å². The molecule has 0 N–H and O–H groups in total. The molecule has 16 heavy (non-hydrogen) atoms. The molecule has 0 radical (unpaired) electrons. The van der Waals surface area contributed by atoms with Crippen molar-refractivity contribution in [3.8, 4) is 5.88 Å². The lowest BCUT2D eigenvalue weighted by atomic mass is 9.95. The van der Waals surface area contributed by atoms with E-state index in [9.17, 15) is 0 Å². The van der Waals surface area contributed by atoms with Gasteiger partial charge in [-0.3, -0.25) is 0 Å². The molecule has 0 unspecified atom stereocenters. The summed E-state index contributed by atoms with van der Waals surface area (Å²) in [6, 6.07) is 1.99. The second-order valence-corrected chi connectivity index (χ2v) is 4.81. The van der Waals surface area contributed by atoms with Crippen LogP contribution in [0.2, 0.25) is 0 Å². The second-order valence-electron chi connectivity index (χ2n) is 3.95. The normalized spacial score (nSPS) is 17.4. The zero-order valence-corrected chi connectivity index (χ0v) is 10.9. The van der Waals surface area contributed by atoms with E-state index in [1.165, 1.54) is 0 Å². The maximum atomic E-state index is 5.33. The molecule has 0 aliphatic carbocycles. The number of methoxy groups -OCH3 is 1. The topological polar surface area (TPSA) is 44.2 Å². The van der Waals surface area contributed by atoms with Crippen LogP contribution in [0.4, 0.5) is 0 Å². The zero-order valence-electron chi connectivity index (χ0n) is 9.28. The lowest BCUT2D eigenvalue weighted by Gasteiger charge is -2.21. The number of nitrogens with zero attached hydrogens (tertiary/aromatic N) is 2. The predicted octanol–water partition coefficient (Wildman–Crippen LogP) is 2.22. The van der Waals surface area contributed by atoms with Gasteiger partial charge in [-0.15, -0.1) is 5.10 Å². The third-order valence-electron chi connectivity index (χ3n) is 2.80. The Labute approximate surface area is 103 Å². The van der Waals surface area contributed by atoms with Gasteiger partial charge in [0.2, 0.25) is 5.88 Å². The van der Waals surface area contributed by atoms with E-state index in [0.29, 0.717) is 11.8 Å². The van der Waals surface area contributed by atoms with Gasteiger partial charge in [-0.05, 0) is 47.2 Å². The fourth-order valence-corrected chi connectivity index (χ4v) is 2.38. The molecule has 1 aliphatic rings. The Hall–Kier alpha value is -0.680. The maximum absolute atomic E-state index is 5.33. The highest BCUT2D eigenvalue weighted by molar-refractivity contribution is 9.10. The van der Waals surface area contributed by atoms with Crippen LogP contribution in [0.3, 0.4) is 0 Å². The SMILES string of the molecule is COc1nnc(CC2CCOCC2)cc1Br. The molecule has 0 aromatic carbocycles. The van der Waals surface area contributed by atoms with Crippen LogP contribution in [0.25, 0.3) is 0 Å². The minimum absolute atomic E-state index is 0.538. The molecule has 2 heterocycles. The fraction of sp³-hybridized carbons (Fsp3) is 0.636. The van der Waals surface area contributed by atoms with Crippen molar-refractivity contribution >= 4 is 15.9 Å². The third kappa shape index (κ3) is 2.92. The quantitative estimate of drug-likeness (QED) is 0.855. The number of hydrogen-bond acceptors (Lipinski definition) is 4. The fourth-order valence-electron chi connectivity index (χ4n) is 1.88. The van der Waals surface area contributed by atoms with E-state index < -0.39 is 0 Å². The molecule has 1 aromatic heterocycles. The molecule has 1 saturated heterocycles. The zero-order chi connectivity index (χ0) is 11.4. The number of hydrogen-bond donors (Lipinski definition) is 0. The Kier molecular flexibility index (Phi) is 4.12. The second kappa shape index (κ2) is 5.59. The van der Waals surface area contributed by atoms with Gasteiger partial charge in [0.15, 0.2) is 0 Å². The summed E-state index contributed by atoms with van der Waals surface area (Å²) in [7, 11) is 1.59. The molecule has 1 fully saturated rings. The van der Waals surface area contributed by atoms with Crippen molar-refractivity contribution in [1.82, 2.24) is 10.2 Å². The molecule has 1 aromatic rings. The molecule has 0 amide bonds. The first kappa shape index (κ1) is 11.8. The summed E-state index contributed by atoms with van der Waals surface area (Å²) >= 11 is 3.42. The maximum Gasteiger partial charge on any atom is 0.247 e. The highest BCUT2D eigenvalue weighted by Crippen LogP contribution is 2.24. The van der Waals surface area contributed by atoms with Gasteiger partial charge in [0, 0.05) is 13.2 Å². The highest BCUT2D eigenvalue weighted by atomic mass is 79.9. The first-order chi connectivity index (χ1) is 7.79. The van der Waals surface area contributed by atoms with Crippen molar-refractivity contribution in [3.05, 3.63) is 16.2 Å². The third-order valence-corrected chi connectivity index (χ3v) is 3.37. The Bertz CT molecular complexity index is 354. The van der Waals surface area contributed by atoms with Gasteiger partial charge in [-0.2, -0.15) is 5.10 Å².